The standard InChI is InChI=1S/C12H24N2O/c1-3-11(10-15-8-1)9-13-6-2-7-14-12-4-5-12/h11-14H,1-10H2. The normalized spacial score (nSPS) is 26.8. The molecule has 1 aliphatic carbocycles. The lowest BCUT2D eigenvalue weighted by molar-refractivity contribution is 0.0549. The quantitative estimate of drug-likeness (QED) is 0.621. The fourth-order valence-electron chi connectivity index (χ4n) is 2.08. The minimum Gasteiger partial charge on any atom is -0.381 e. The van der Waals surface area contributed by atoms with Crippen LogP contribution in [0.3, 0.4) is 0 Å². The third-order valence-electron chi connectivity index (χ3n) is 3.23. The van der Waals surface area contributed by atoms with E-state index in [0.29, 0.717) is 0 Å². The van der Waals surface area contributed by atoms with E-state index in [1.807, 2.05) is 0 Å². The highest BCUT2D eigenvalue weighted by Crippen LogP contribution is 2.18. The minimum atomic E-state index is 0.759. The molecule has 1 saturated heterocycles. The van der Waals surface area contributed by atoms with E-state index in [9.17, 15) is 0 Å². The molecule has 1 aliphatic heterocycles. The first kappa shape index (κ1) is 11.4. The Bertz CT molecular complexity index is 165. The summed E-state index contributed by atoms with van der Waals surface area (Å²) in [4.78, 5) is 0. The highest BCUT2D eigenvalue weighted by Gasteiger charge is 2.19. The van der Waals surface area contributed by atoms with E-state index >= 15 is 0 Å². The van der Waals surface area contributed by atoms with Crippen molar-refractivity contribution in [1.29, 1.82) is 0 Å². The molecule has 0 aromatic heterocycles. The molecule has 2 rings (SSSR count). The van der Waals surface area contributed by atoms with Gasteiger partial charge in [-0.15, -0.1) is 0 Å². The fourth-order valence-corrected chi connectivity index (χ4v) is 2.08. The number of ether oxygens (including phenoxy) is 1. The zero-order chi connectivity index (χ0) is 10.3. The molecule has 2 fully saturated rings. The van der Waals surface area contributed by atoms with Crippen molar-refractivity contribution < 1.29 is 4.74 Å². The van der Waals surface area contributed by atoms with Crippen LogP contribution in [0.25, 0.3) is 0 Å². The van der Waals surface area contributed by atoms with Crippen molar-refractivity contribution in [2.24, 2.45) is 5.92 Å². The van der Waals surface area contributed by atoms with Gasteiger partial charge in [0.05, 0.1) is 6.61 Å². The van der Waals surface area contributed by atoms with Crippen molar-refractivity contribution in [2.45, 2.75) is 38.1 Å². The topological polar surface area (TPSA) is 33.3 Å². The summed E-state index contributed by atoms with van der Waals surface area (Å²) in [6.07, 6.45) is 6.63. The maximum Gasteiger partial charge on any atom is 0.0506 e. The predicted octanol–water partition coefficient (Wildman–Crippen LogP) is 1.14. The van der Waals surface area contributed by atoms with Crippen LogP contribution in [-0.2, 0) is 4.74 Å². The van der Waals surface area contributed by atoms with Gasteiger partial charge in [-0.1, -0.05) is 0 Å². The average Bonchev–Trinajstić information content (AvgIpc) is 3.09. The van der Waals surface area contributed by atoms with Gasteiger partial charge in [0, 0.05) is 19.2 Å². The van der Waals surface area contributed by atoms with Crippen LogP contribution >= 0.6 is 0 Å². The van der Waals surface area contributed by atoms with Gasteiger partial charge in [-0.3, -0.25) is 0 Å². The highest BCUT2D eigenvalue weighted by atomic mass is 16.5. The molecule has 3 nitrogen and oxygen atoms in total. The van der Waals surface area contributed by atoms with Gasteiger partial charge in [-0.25, -0.2) is 0 Å². The van der Waals surface area contributed by atoms with Gasteiger partial charge in [0.2, 0.25) is 0 Å². The van der Waals surface area contributed by atoms with Crippen molar-refractivity contribution in [3.63, 3.8) is 0 Å². The zero-order valence-corrected chi connectivity index (χ0v) is 9.63. The Labute approximate surface area is 93.0 Å². The number of rotatable bonds is 7. The summed E-state index contributed by atoms with van der Waals surface area (Å²) in [5.41, 5.74) is 0. The SMILES string of the molecule is C(CNCC1CCCOC1)CNC1CC1. The van der Waals surface area contributed by atoms with Crippen LogP contribution in [0.4, 0.5) is 0 Å². The van der Waals surface area contributed by atoms with Crippen molar-refractivity contribution >= 4 is 0 Å². The summed E-state index contributed by atoms with van der Waals surface area (Å²) < 4.78 is 5.45. The van der Waals surface area contributed by atoms with Crippen molar-refractivity contribution in [3.8, 4) is 0 Å². The lowest BCUT2D eigenvalue weighted by atomic mass is 10.0. The van der Waals surface area contributed by atoms with E-state index in [1.165, 1.54) is 38.6 Å². The van der Waals surface area contributed by atoms with E-state index in [0.717, 1.165) is 38.3 Å². The Morgan fingerprint density at radius 3 is 2.80 bits per heavy atom. The average molecular weight is 212 g/mol. The van der Waals surface area contributed by atoms with Crippen molar-refractivity contribution in [2.75, 3.05) is 32.8 Å². The molecule has 0 amide bonds. The first-order chi connectivity index (χ1) is 7.45. The van der Waals surface area contributed by atoms with Crippen LogP contribution in [0.15, 0.2) is 0 Å². The van der Waals surface area contributed by atoms with Crippen LogP contribution in [-0.4, -0.2) is 38.9 Å². The molecule has 0 aromatic rings. The molecule has 1 unspecified atom stereocenters. The van der Waals surface area contributed by atoms with Gasteiger partial charge in [0.25, 0.3) is 0 Å². The van der Waals surface area contributed by atoms with Gasteiger partial charge in [-0.05, 0) is 51.1 Å². The molecule has 0 aromatic carbocycles. The molecule has 0 spiro atoms. The molecule has 1 atom stereocenters. The van der Waals surface area contributed by atoms with Crippen LogP contribution < -0.4 is 10.6 Å². The Balaban J connectivity index is 1.37. The predicted molar refractivity (Wildman–Crippen MR) is 62.1 cm³/mol. The monoisotopic (exact) mass is 212 g/mol. The van der Waals surface area contributed by atoms with E-state index < -0.39 is 0 Å². The first-order valence-corrected chi connectivity index (χ1v) is 6.47. The van der Waals surface area contributed by atoms with E-state index in [4.69, 9.17) is 4.74 Å². The highest BCUT2D eigenvalue weighted by molar-refractivity contribution is 4.80. The fraction of sp³-hybridized carbons (Fsp3) is 1.00. The Morgan fingerprint density at radius 2 is 2.07 bits per heavy atom. The Kier molecular flexibility index (Phi) is 4.90. The maximum absolute atomic E-state index is 5.45. The van der Waals surface area contributed by atoms with Gasteiger partial charge in [0.1, 0.15) is 0 Å². The third kappa shape index (κ3) is 4.96. The number of nitrogens with one attached hydrogen (secondary N) is 2. The van der Waals surface area contributed by atoms with Gasteiger partial charge in [-0.2, -0.15) is 0 Å². The molecular weight excluding hydrogens is 188 g/mol. The molecular formula is C12H24N2O. The van der Waals surface area contributed by atoms with Gasteiger partial charge < -0.3 is 15.4 Å². The lowest BCUT2D eigenvalue weighted by Crippen LogP contribution is -2.31. The van der Waals surface area contributed by atoms with Crippen LogP contribution in [0.2, 0.25) is 0 Å². The summed E-state index contributed by atoms with van der Waals surface area (Å²) in [6, 6.07) is 0.858. The summed E-state index contributed by atoms with van der Waals surface area (Å²) in [7, 11) is 0. The second kappa shape index (κ2) is 6.46. The second-order valence-electron chi connectivity index (χ2n) is 4.87. The molecule has 1 heterocycles. The summed E-state index contributed by atoms with van der Waals surface area (Å²) in [5, 5.41) is 7.06. The Hall–Kier alpha value is -0.120. The molecule has 0 bridgehead atoms. The Morgan fingerprint density at radius 1 is 1.13 bits per heavy atom. The molecule has 2 aliphatic rings. The van der Waals surface area contributed by atoms with Crippen LogP contribution in [0.1, 0.15) is 32.1 Å². The van der Waals surface area contributed by atoms with Crippen LogP contribution in [0.5, 0.6) is 0 Å². The molecule has 1 saturated carbocycles. The van der Waals surface area contributed by atoms with Crippen molar-refractivity contribution in [1.82, 2.24) is 10.6 Å². The van der Waals surface area contributed by atoms with Gasteiger partial charge >= 0.3 is 0 Å². The van der Waals surface area contributed by atoms with E-state index in [2.05, 4.69) is 10.6 Å². The molecule has 2 N–H and O–H groups in total. The van der Waals surface area contributed by atoms with Crippen molar-refractivity contribution in [3.05, 3.63) is 0 Å². The minimum absolute atomic E-state index is 0.759. The largest absolute Gasteiger partial charge is 0.381 e. The third-order valence-corrected chi connectivity index (χ3v) is 3.23. The van der Waals surface area contributed by atoms with E-state index in [-0.39, 0.29) is 0 Å². The molecule has 3 heteroatoms. The van der Waals surface area contributed by atoms with E-state index in [1.54, 1.807) is 0 Å². The summed E-state index contributed by atoms with van der Waals surface area (Å²) >= 11 is 0. The molecule has 15 heavy (non-hydrogen) atoms. The summed E-state index contributed by atoms with van der Waals surface area (Å²) in [5.74, 6) is 0.759. The number of hydrogen-bond acceptors (Lipinski definition) is 3. The first-order valence-electron chi connectivity index (χ1n) is 6.47. The smallest absolute Gasteiger partial charge is 0.0506 e. The summed E-state index contributed by atoms with van der Waals surface area (Å²) in [6.45, 7) is 5.41. The maximum atomic E-state index is 5.45. The second-order valence-corrected chi connectivity index (χ2v) is 4.87. The molecule has 0 radical (unpaired) electrons. The number of hydrogen-bond donors (Lipinski definition) is 2. The van der Waals surface area contributed by atoms with Gasteiger partial charge in [0.15, 0.2) is 0 Å². The molecule has 88 valence electrons. The lowest BCUT2D eigenvalue weighted by Gasteiger charge is -2.22. The van der Waals surface area contributed by atoms with Crippen LogP contribution in [0, 0.1) is 5.92 Å². The zero-order valence-electron chi connectivity index (χ0n) is 9.63.